The summed E-state index contributed by atoms with van der Waals surface area (Å²) in [6.07, 6.45) is 0. The Morgan fingerprint density at radius 1 is 1.00 bits per heavy atom. The predicted octanol–water partition coefficient (Wildman–Crippen LogP) is 3.99. The van der Waals surface area contributed by atoms with Crippen LogP contribution in [0, 0.1) is 20.8 Å². The van der Waals surface area contributed by atoms with E-state index in [2.05, 4.69) is 15.5 Å². The van der Waals surface area contributed by atoms with E-state index in [0.717, 1.165) is 22.5 Å². The Kier molecular flexibility index (Phi) is 6.42. The fourth-order valence-corrected chi connectivity index (χ4v) is 3.94. The highest BCUT2D eigenvalue weighted by Gasteiger charge is 2.18. The predicted molar refractivity (Wildman–Crippen MR) is 128 cm³/mol. The average Bonchev–Trinajstić information content (AvgIpc) is 3.06. The van der Waals surface area contributed by atoms with Gasteiger partial charge in [0.15, 0.2) is 5.69 Å². The summed E-state index contributed by atoms with van der Waals surface area (Å²) in [6.45, 7) is 6.51. The number of hydrogen-bond acceptors (Lipinski definition) is 4. The molecule has 7 nitrogen and oxygen atoms in total. The van der Waals surface area contributed by atoms with E-state index >= 15 is 0 Å². The van der Waals surface area contributed by atoms with Crippen LogP contribution in [-0.4, -0.2) is 25.5 Å². The Balaban J connectivity index is 1.56. The molecule has 2 heterocycles. The normalized spacial score (nSPS) is 10.9. The van der Waals surface area contributed by atoms with E-state index in [1.807, 2.05) is 54.9 Å². The molecule has 0 aliphatic heterocycles. The SMILES string of the molecule is Cc1nn(Cc2ccccc2)c(C)c1CNC(=O)c1nn(-c2ccccc2Cl)c(C)cc1=O. The summed E-state index contributed by atoms with van der Waals surface area (Å²) in [4.78, 5) is 25.4. The summed E-state index contributed by atoms with van der Waals surface area (Å²) in [7, 11) is 0. The lowest BCUT2D eigenvalue weighted by atomic mass is 10.2. The van der Waals surface area contributed by atoms with E-state index in [9.17, 15) is 9.59 Å². The molecular formula is C25H24ClN5O2. The van der Waals surface area contributed by atoms with Gasteiger partial charge < -0.3 is 5.32 Å². The zero-order chi connectivity index (χ0) is 23.5. The molecule has 4 rings (SSSR count). The smallest absolute Gasteiger partial charge is 0.276 e. The van der Waals surface area contributed by atoms with Crippen LogP contribution in [0.4, 0.5) is 0 Å². The van der Waals surface area contributed by atoms with Gasteiger partial charge in [-0.3, -0.25) is 14.3 Å². The van der Waals surface area contributed by atoms with Gasteiger partial charge in [0.05, 0.1) is 22.9 Å². The van der Waals surface area contributed by atoms with Crippen LogP contribution in [0.5, 0.6) is 0 Å². The number of para-hydroxylation sites is 1. The van der Waals surface area contributed by atoms with Crippen LogP contribution in [-0.2, 0) is 13.1 Å². The minimum absolute atomic E-state index is 0.187. The van der Waals surface area contributed by atoms with Crippen LogP contribution in [0.2, 0.25) is 5.02 Å². The van der Waals surface area contributed by atoms with Crippen molar-refractivity contribution in [1.29, 1.82) is 0 Å². The van der Waals surface area contributed by atoms with E-state index < -0.39 is 11.3 Å². The zero-order valence-electron chi connectivity index (χ0n) is 18.7. The second-order valence-electron chi connectivity index (χ2n) is 7.84. The highest BCUT2D eigenvalue weighted by Crippen LogP contribution is 2.20. The van der Waals surface area contributed by atoms with Gasteiger partial charge in [-0.25, -0.2) is 4.68 Å². The summed E-state index contributed by atoms with van der Waals surface area (Å²) < 4.78 is 3.42. The first-order chi connectivity index (χ1) is 15.8. The summed E-state index contributed by atoms with van der Waals surface area (Å²) in [5.74, 6) is -0.546. The van der Waals surface area contributed by atoms with Gasteiger partial charge >= 0.3 is 0 Å². The molecule has 1 amide bonds. The molecule has 0 radical (unpaired) electrons. The molecule has 0 fully saturated rings. The lowest BCUT2D eigenvalue weighted by Gasteiger charge is -2.12. The maximum absolute atomic E-state index is 12.9. The molecule has 1 N–H and O–H groups in total. The molecule has 4 aromatic rings. The molecule has 0 unspecified atom stereocenters. The average molecular weight is 462 g/mol. The molecule has 0 bridgehead atoms. The van der Waals surface area contributed by atoms with Gasteiger partial charge in [0.2, 0.25) is 5.43 Å². The van der Waals surface area contributed by atoms with Crippen LogP contribution in [0.15, 0.2) is 65.5 Å². The number of carbonyl (C=O) groups excluding carboxylic acids is 1. The van der Waals surface area contributed by atoms with E-state index in [1.165, 1.54) is 10.7 Å². The number of rotatable bonds is 6. The van der Waals surface area contributed by atoms with Crippen molar-refractivity contribution < 1.29 is 4.79 Å². The molecular weight excluding hydrogens is 438 g/mol. The van der Waals surface area contributed by atoms with Crippen molar-refractivity contribution in [2.45, 2.75) is 33.9 Å². The Morgan fingerprint density at radius 3 is 2.42 bits per heavy atom. The van der Waals surface area contributed by atoms with Gasteiger partial charge in [-0.05, 0) is 38.5 Å². The quantitative estimate of drug-likeness (QED) is 0.470. The monoisotopic (exact) mass is 461 g/mol. The molecule has 0 saturated carbocycles. The second-order valence-corrected chi connectivity index (χ2v) is 8.24. The lowest BCUT2D eigenvalue weighted by Crippen LogP contribution is -2.32. The van der Waals surface area contributed by atoms with Crippen molar-refractivity contribution in [2.24, 2.45) is 0 Å². The maximum Gasteiger partial charge on any atom is 0.276 e. The minimum atomic E-state index is -0.546. The standard InChI is InChI=1S/C25H24ClN5O2/c1-16-13-23(32)24(29-31(16)22-12-8-7-11-21(22)26)25(33)27-14-20-17(2)28-30(18(20)3)15-19-9-5-4-6-10-19/h4-13H,14-15H2,1-3H3,(H,27,33). The third-order valence-electron chi connectivity index (χ3n) is 5.54. The largest absolute Gasteiger partial charge is 0.346 e. The van der Waals surface area contributed by atoms with Crippen molar-refractivity contribution in [3.8, 4) is 5.69 Å². The minimum Gasteiger partial charge on any atom is -0.346 e. The van der Waals surface area contributed by atoms with E-state index in [0.29, 0.717) is 22.9 Å². The molecule has 8 heteroatoms. The number of nitrogens with zero attached hydrogens (tertiary/aromatic N) is 4. The molecule has 0 atom stereocenters. The molecule has 33 heavy (non-hydrogen) atoms. The van der Waals surface area contributed by atoms with Crippen molar-refractivity contribution in [2.75, 3.05) is 0 Å². The Morgan fingerprint density at radius 2 is 1.70 bits per heavy atom. The van der Waals surface area contributed by atoms with Gasteiger partial charge in [-0.1, -0.05) is 54.1 Å². The van der Waals surface area contributed by atoms with Crippen molar-refractivity contribution in [1.82, 2.24) is 24.9 Å². The van der Waals surface area contributed by atoms with Crippen molar-refractivity contribution >= 4 is 17.5 Å². The number of benzene rings is 2. The fraction of sp³-hybridized carbons (Fsp3) is 0.200. The number of aryl methyl sites for hydroxylation is 2. The highest BCUT2D eigenvalue weighted by molar-refractivity contribution is 6.32. The summed E-state index contributed by atoms with van der Waals surface area (Å²) in [5.41, 5.74) is 4.39. The molecule has 0 saturated heterocycles. The molecule has 2 aromatic heterocycles. The molecule has 0 aliphatic rings. The highest BCUT2D eigenvalue weighted by atomic mass is 35.5. The number of aromatic nitrogens is 4. The maximum atomic E-state index is 12.9. The van der Waals surface area contributed by atoms with Crippen LogP contribution < -0.4 is 10.7 Å². The number of halogens is 1. The summed E-state index contributed by atoms with van der Waals surface area (Å²) >= 11 is 6.29. The molecule has 0 aliphatic carbocycles. The first-order valence-corrected chi connectivity index (χ1v) is 10.9. The van der Waals surface area contributed by atoms with E-state index in [4.69, 9.17) is 11.6 Å². The summed E-state index contributed by atoms with van der Waals surface area (Å²) in [6, 6.07) is 18.6. The molecule has 2 aromatic carbocycles. The number of amides is 1. The summed E-state index contributed by atoms with van der Waals surface area (Å²) in [5, 5.41) is 12.2. The van der Waals surface area contributed by atoms with Crippen LogP contribution >= 0.6 is 11.6 Å². The first kappa shape index (κ1) is 22.5. The number of nitrogens with one attached hydrogen (secondary N) is 1. The third kappa shape index (κ3) is 4.73. The van der Waals surface area contributed by atoms with Crippen molar-refractivity contribution in [3.63, 3.8) is 0 Å². The second kappa shape index (κ2) is 9.42. The van der Waals surface area contributed by atoms with Crippen LogP contribution in [0.1, 0.15) is 38.7 Å². The number of hydrogen-bond donors (Lipinski definition) is 1. The Hall–Kier alpha value is -3.71. The molecule has 0 spiro atoms. The van der Waals surface area contributed by atoms with E-state index in [1.54, 1.807) is 25.1 Å². The van der Waals surface area contributed by atoms with Crippen LogP contribution in [0.25, 0.3) is 5.69 Å². The van der Waals surface area contributed by atoms with E-state index in [-0.39, 0.29) is 12.2 Å². The van der Waals surface area contributed by atoms with Gasteiger partial charge in [0.25, 0.3) is 5.91 Å². The van der Waals surface area contributed by atoms with Crippen molar-refractivity contribution in [3.05, 3.63) is 110 Å². The van der Waals surface area contributed by atoms with Gasteiger partial charge in [-0.2, -0.15) is 10.2 Å². The molecule has 168 valence electrons. The fourth-order valence-electron chi connectivity index (χ4n) is 3.72. The van der Waals surface area contributed by atoms with Gasteiger partial charge in [-0.15, -0.1) is 0 Å². The van der Waals surface area contributed by atoms with Gasteiger partial charge in [0, 0.05) is 29.6 Å². The number of carbonyl (C=O) groups is 1. The first-order valence-electron chi connectivity index (χ1n) is 10.6. The topological polar surface area (TPSA) is 81.8 Å². The Labute approximate surface area is 196 Å². The lowest BCUT2D eigenvalue weighted by molar-refractivity contribution is 0.0943. The van der Waals surface area contributed by atoms with Gasteiger partial charge in [0.1, 0.15) is 0 Å². The Bertz CT molecular complexity index is 1380. The zero-order valence-corrected chi connectivity index (χ0v) is 19.4. The third-order valence-corrected chi connectivity index (χ3v) is 5.86. The van der Waals surface area contributed by atoms with Crippen LogP contribution in [0.3, 0.4) is 0 Å².